The van der Waals surface area contributed by atoms with Gasteiger partial charge in [-0.25, -0.2) is 0 Å². The fourth-order valence-corrected chi connectivity index (χ4v) is 5.59. The molecule has 0 aromatic heterocycles. The Hall–Kier alpha value is -1.81. The molecule has 0 N–H and O–H groups in total. The van der Waals surface area contributed by atoms with Crippen LogP contribution in [0.5, 0.6) is 0 Å². The standard InChI is InChI=1S/C20H23OP/c1-6-20(18-13-16(4)12-17(5)14-18)22(21,15(2)3)19-10-8-7-9-11-19/h7-15H,1H2,2-5H3/t22-/m0/s1. The molecule has 1 atom stereocenters. The Morgan fingerprint density at radius 1 is 1.05 bits per heavy atom. The predicted molar refractivity (Wildman–Crippen MR) is 97.3 cm³/mol. The van der Waals surface area contributed by atoms with E-state index in [-0.39, 0.29) is 5.66 Å². The van der Waals surface area contributed by atoms with Crippen molar-refractivity contribution in [2.75, 3.05) is 0 Å². The van der Waals surface area contributed by atoms with Gasteiger partial charge in [-0.05, 0) is 19.4 Å². The monoisotopic (exact) mass is 310 g/mol. The second-order valence-electron chi connectivity index (χ2n) is 5.99. The molecule has 2 rings (SSSR count). The zero-order valence-corrected chi connectivity index (χ0v) is 14.7. The van der Waals surface area contributed by atoms with Crippen LogP contribution in [0.4, 0.5) is 0 Å². The van der Waals surface area contributed by atoms with Gasteiger partial charge in [0.1, 0.15) is 0 Å². The highest BCUT2D eigenvalue weighted by atomic mass is 31.2. The van der Waals surface area contributed by atoms with Crippen molar-refractivity contribution in [3.05, 3.63) is 77.5 Å². The van der Waals surface area contributed by atoms with Gasteiger partial charge in [0, 0.05) is 11.0 Å². The summed E-state index contributed by atoms with van der Waals surface area (Å²) in [6.07, 6.45) is 0. The average molecular weight is 310 g/mol. The minimum atomic E-state index is -2.77. The summed E-state index contributed by atoms with van der Waals surface area (Å²) in [4.78, 5) is 0. The van der Waals surface area contributed by atoms with Gasteiger partial charge in [-0.3, -0.25) is 0 Å². The highest BCUT2D eigenvalue weighted by molar-refractivity contribution is 7.81. The lowest BCUT2D eigenvalue weighted by molar-refractivity contribution is 0.582. The first-order valence-corrected chi connectivity index (χ1v) is 9.31. The van der Waals surface area contributed by atoms with Gasteiger partial charge in [-0.15, -0.1) is 5.73 Å². The van der Waals surface area contributed by atoms with E-state index in [0.29, 0.717) is 0 Å². The van der Waals surface area contributed by atoms with Crippen LogP contribution in [-0.4, -0.2) is 5.66 Å². The molecule has 0 spiro atoms. The van der Waals surface area contributed by atoms with Gasteiger partial charge in [-0.1, -0.05) is 80.1 Å². The Labute approximate surface area is 133 Å². The van der Waals surface area contributed by atoms with Gasteiger partial charge >= 0.3 is 0 Å². The number of hydrogen-bond donors (Lipinski definition) is 0. The fourth-order valence-electron chi connectivity index (χ4n) is 2.86. The van der Waals surface area contributed by atoms with Crippen molar-refractivity contribution >= 4 is 17.8 Å². The Bertz CT molecular complexity index is 745. The summed E-state index contributed by atoms with van der Waals surface area (Å²) in [5, 5.41) is 1.61. The van der Waals surface area contributed by atoms with Crippen LogP contribution in [0.3, 0.4) is 0 Å². The lowest BCUT2D eigenvalue weighted by Crippen LogP contribution is -2.13. The normalized spacial score (nSPS) is 13.5. The smallest absolute Gasteiger partial charge is 0.153 e. The lowest BCUT2D eigenvalue weighted by Gasteiger charge is -2.25. The van der Waals surface area contributed by atoms with E-state index in [1.165, 1.54) is 0 Å². The van der Waals surface area contributed by atoms with Gasteiger partial charge in [-0.2, -0.15) is 0 Å². The quantitative estimate of drug-likeness (QED) is 0.536. The second kappa shape index (κ2) is 6.53. The highest BCUT2D eigenvalue weighted by Crippen LogP contribution is 2.60. The van der Waals surface area contributed by atoms with Gasteiger partial charge in [0.15, 0.2) is 7.14 Å². The van der Waals surface area contributed by atoms with Crippen molar-refractivity contribution in [3.8, 4) is 0 Å². The molecular weight excluding hydrogens is 287 g/mol. The van der Waals surface area contributed by atoms with Crippen molar-refractivity contribution in [2.24, 2.45) is 0 Å². The molecule has 0 aliphatic heterocycles. The van der Waals surface area contributed by atoms with Crippen molar-refractivity contribution in [1.29, 1.82) is 0 Å². The molecule has 114 valence electrons. The minimum absolute atomic E-state index is 0.0000293. The van der Waals surface area contributed by atoms with Crippen LogP contribution < -0.4 is 5.30 Å². The molecule has 0 amide bonds. The Morgan fingerprint density at radius 3 is 2.05 bits per heavy atom. The van der Waals surface area contributed by atoms with Gasteiger partial charge in [0.05, 0.1) is 5.31 Å². The fraction of sp³-hybridized carbons (Fsp3) is 0.250. The zero-order chi connectivity index (χ0) is 16.3. The lowest BCUT2D eigenvalue weighted by atomic mass is 10.1. The third-order valence-corrected chi connectivity index (χ3v) is 7.46. The van der Waals surface area contributed by atoms with E-state index in [4.69, 9.17) is 0 Å². The van der Waals surface area contributed by atoms with Crippen LogP contribution in [-0.2, 0) is 4.57 Å². The third kappa shape index (κ3) is 3.02. The van der Waals surface area contributed by atoms with Crippen molar-refractivity contribution in [2.45, 2.75) is 33.4 Å². The zero-order valence-electron chi connectivity index (χ0n) is 13.8. The second-order valence-corrected chi connectivity index (χ2v) is 9.30. The molecule has 2 aromatic carbocycles. The van der Waals surface area contributed by atoms with Crippen LogP contribution in [0.15, 0.2) is 60.8 Å². The molecule has 0 fully saturated rings. The molecule has 1 nitrogen and oxygen atoms in total. The number of aryl methyl sites for hydroxylation is 2. The van der Waals surface area contributed by atoms with Crippen LogP contribution >= 0.6 is 7.14 Å². The van der Waals surface area contributed by atoms with Crippen LogP contribution in [0.2, 0.25) is 0 Å². The molecule has 0 unspecified atom stereocenters. The summed E-state index contributed by atoms with van der Waals surface area (Å²) >= 11 is 0. The first-order chi connectivity index (χ1) is 10.4. The molecule has 22 heavy (non-hydrogen) atoms. The molecule has 0 heterocycles. The summed E-state index contributed by atoms with van der Waals surface area (Å²) in [6.45, 7) is 12.0. The van der Waals surface area contributed by atoms with Crippen LogP contribution in [0.25, 0.3) is 5.31 Å². The molecule has 0 saturated heterocycles. The van der Waals surface area contributed by atoms with Crippen LogP contribution in [0, 0.1) is 13.8 Å². The van der Waals surface area contributed by atoms with E-state index in [9.17, 15) is 4.57 Å². The number of hydrogen-bond acceptors (Lipinski definition) is 1. The largest absolute Gasteiger partial charge is 0.313 e. The molecule has 2 aromatic rings. The maximum absolute atomic E-state index is 13.9. The van der Waals surface area contributed by atoms with E-state index in [2.05, 4.69) is 44.4 Å². The molecule has 0 bridgehead atoms. The molecular formula is C20H23OP. The van der Waals surface area contributed by atoms with E-state index in [1.54, 1.807) is 0 Å². The van der Waals surface area contributed by atoms with Gasteiger partial charge < -0.3 is 4.57 Å². The van der Waals surface area contributed by atoms with Gasteiger partial charge in [0.25, 0.3) is 0 Å². The third-order valence-electron chi connectivity index (χ3n) is 3.86. The highest BCUT2D eigenvalue weighted by Gasteiger charge is 2.34. The van der Waals surface area contributed by atoms with E-state index in [0.717, 1.165) is 27.3 Å². The summed E-state index contributed by atoms with van der Waals surface area (Å²) in [5.41, 5.74) is 6.28. The summed E-state index contributed by atoms with van der Waals surface area (Å²) in [5.74, 6) is 0. The van der Waals surface area contributed by atoms with Gasteiger partial charge in [0.2, 0.25) is 0 Å². The molecule has 2 heteroatoms. The molecule has 0 saturated carbocycles. The molecule has 0 aliphatic carbocycles. The van der Waals surface area contributed by atoms with Crippen molar-refractivity contribution in [3.63, 3.8) is 0 Å². The van der Waals surface area contributed by atoms with E-state index >= 15 is 0 Å². The van der Waals surface area contributed by atoms with Crippen molar-refractivity contribution in [1.82, 2.24) is 0 Å². The SMILES string of the molecule is C=C=C(c1cc(C)cc(C)c1)[P@@](=O)(c1ccccc1)C(C)C. The predicted octanol–water partition coefficient (Wildman–Crippen LogP) is 5.53. The average Bonchev–Trinajstić information content (AvgIpc) is 2.47. The maximum atomic E-state index is 13.9. The molecule has 0 aliphatic rings. The summed E-state index contributed by atoms with van der Waals surface area (Å²) in [6, 6.07) is 16.0. The summed E-state index contributed by atoms with van der Waals surface area (Å²) < 4.78 is 13.9. The Kier molecular flexibility index (Phi) is 4.91. The number of rotatable bonds is 4. The minimum Gasteiger partial charge on any atom is -0.313 e. The Morgan fingerprint density at radius 2 is 1.59 bits per heavy atom. The first kappa shape index (κ1) is 16.6. The topological polar surface area (TPSA) is 17.1 Å². The van der Waals surface area contributed by atoms with Crippen molar-refractivity contribution < 1.29 is 4.57 Å². The Balaban J connectivity index is 2.70. The van der Waals surface area contributed by atoms with E-state index in [1.807, 2.05) is 44.2 Å². The molecule has 0 radical (unpaired) electrons. The first-order valence-electron chi connectivity index (χ1n) is 7.54. The van der Waals surface area contributed by atoms with Crippen LogP contribution in [0.1, 0.15) is 30.5 Å². The van der Waals surface area contributed by atoms with E-state index < -0.39 is 7.14 Å². The maximum Gasteiger partial charge on any atom is 0.153 e. The summed E-state index contributed by atoms with van der Waals surface area (Å²) in [7, 11) is -2.77. The number of benzene rings is 2.